The van der Waals surface area contributed by atoms with Crippen molar-refractivity contribution in [3.8, 4) is 0 Å². The molecule has 1 unspecified atom stereocenters. The van der Waals surface area contributed by atoms with Crippen molar-refractivity contribution in [3.63, 3.8) is 0 Å². The van der Waals surface area contributed by atoms with Crippen LogP contribution in [0.2, 0.25) is 0 Å². The van der Waals surface area contributed by atoms with E-state index in [-0.39, 0.29) is 5.91 Å². The predicted molar refractivity (Wildman–Crippen MR) is 71.0 cm³/mol. The second-order valence-electron chi connectivity index (χ2n) is 5.50. The van der Waals surface area contributed by atoms with Crippen molar-refractivity contribution in [1.29, 1.82) is 0 Å². The van der Waals surface area contributed by atoms with Gasteiger partial charge in [-0.25, -0.2) is 4.98 Å². The average Bonchev–Trinajstić information content (AvgIpc) is 3.13. The average molecular weight is 256 g/mol. The summed E-state index contributed by atoms with van der Waals surface area (Å²) in [6.45, 7) is 3.31. The van der Waals surface area contributed by atoms with Crippen LogP contribution in [-0.4, -0.2) is 45.9 Å². The smallest absolute Gasteiger partial charge is 0.271 e. The van der Waals surface area contributed by atoms with Crippen molar-refractivity contribution in [3.05, 3.63) is 36.4 Å². The summed E-state index contributed by atoms with van der Waals surface area (Å²) in [5, 5.41) is 3.13. The molecule has 0 aromatic carbocycles. The lowest BCUT2D eigenvalue weighted by atomic mass is 10.00. The maximum atomic E-state index is 12.2. The van der Waals surface area contributed by atoms with E-state index in [4.69, 9.17) is 0 Å². The molecule has 0 radical (unpaired) electrons. The molecule has 2 bridgehead atoms. The highest BCUT2D eigenvalue weighted by Crippen LogP contribution is 2.27. The van der Waals surface area contributed by atoms with Gasteiger partial charge in [0, 0.05) is 31.5 Å². The van der Waals surface area contributed by atoms with E-state index in [1.165, 1.54) is 13.0 Å². The topological polar surface area (TPSA) is 49.6 Å². The highest BCUT2D eigenvalue weighted by molar-refractivity contribution is 5.92. The van der Waals surface area contributed by atoms with Crippen LogP contribution in [0.25, 0.3) is 5.52 Å². The van der Waals surface area contributed by atoms with Gasteiger partial charge in [-0.1, -0.05) is 0 Å². The van der Waals surface area contributed by atoms with Crippen molar-refractivity contribution >= 4 is 11.4 Å². The molecular weight excluding hydrogens is 240 g/mol. The molecule has 5 heteroatoms. The standard InChI is InChI=1S/C14H16N4O/c19-14(16-12-8-17-5-3-10(12)7-17)13-9-18-4-1-2-11(18)6-15-13/h1-2,4,6,9-10,12H,3,5,7-8H2,(H,16,19)/t10-,12-/m0/s1. The molecule has 2 aliphatic rings. The van der Waals surface area contributed by atoms with Gasteiger partial charge in [0.1, 0.15) is 5.69 Å². The largest absolute Gasteiger partial charge is 0.346 e. The number of piperidine rings is 1. The van der Waals surface area contributed by atoms with Crippen molar-refractivity contribution in [2.75, 3.05) is 19.6 Å². The lowest BCUT2D eigenvalue weighted by Crippen LogP contribution is -2.43. The van der Waals surface area contributed by atoms with Crippen LogP contribution in [0.1, 0.15) is 16.9 Å². The van der Waals surface area contributed by atoms with Crippen LogP contribution in [0.4, 0.5) is 0 Å². The van der Waals surface area contributed by atoms with Crippen LogP contribution >= 0.6 is 0 Å². The first-order valence-electron chi connectivity index (χ1n) is 6.75. The number of hydrogen-bond acceptors (Lipinski definition) is 3. The minimum Gasteiger partial charge on any atom is -0.346 e. The van der Waals surface area contributed by atoms with Crippen molar-refractivity contribution in [2.45, 2.75) is 12.5 Å². The van der Waals surface area contributed by atoms with Crippen molar-refractivity contribution < 1.29 is 4.79 Å². The van der Waals surface area contributed by atoms with Crippen molar-refractivity contribution in [1.82, 2.24) is 19.6 Å². The van der Waals surface area contributed by atoms with Crippen LogP contribution in [-0.2, 0) is 0 Å². The van der Waals surface area contributed by atoms with Gasteiger partial charge in [-0.05, 0) is 31.0 Å². The van der Waals surface area contributed by atoms with E-state index >= 15 is 0 Å². The fourth-order valence-electron chi connectivity index (χ4n) is 3.24. The van der Waals surface area contributed by atoms with Gasteiger partial charge in [0.15, 0.2) is 0 Å². The number of aromatic nitrogens is 2. The Morgan fingerprint density at radius 1 is 1.42 bits per heavy atom. The highest BCUT2D eigenvalue weighted by atomic mass is 16.2. The molecule has 5 nitrogen and oxygen atoms in total. The van der Waals surface area contributed by atoms with Crippen LogP contribution in [0.3, 0.4) is 0 Å². The molecule has 0 aliphatic carbocycles. The van der Waals surface area contributed by atoms with Crippen LogP contribution in [0, 0.1) is 5.92 Å². The summed E-state index contributed by atoms with van der Waals surface area (Å²) in [5.41, 5.74) is 1.49. The molecule has 4 heterocycles. The first kappa shape index (κ1) is 11.0. The molecule has 3 atom stereocenters. The van der Waals surface area contributed by atoms with Gasteiger partial charge in [0.05, 0.1) is 11.7 Å². The normalized spacial score (nSPS) is 28.9. The van der Waals surface area contributed by atoms with Gasteiger partial charge in [-0.15, -0.1) is 0 Å². The summed E-state index contributed by atoms with van der Waals surface area (Å²) < 4.78 is 1.92. The highest BCUT2D eigenvalue weighted by Gasteiger charge is 2.38. The minimum atomic E-state index is -0.0608. The maximum Gasteiger partial charge on any atom is 0.271 e. The van der Waals surface area contributed by atoms with Crippen LogP contribution in [0.15, 0.2) is 30.7 Å². The lowest BCUT2D eigenvalue weighted by molar-refractivity contribution is 0.0919. The second-order valence-corrected chi connectivity index (χ2v) is 5.50. The molecule has 2 aromatic rings. The first-order chi connectivity index (χ1) is 9.29. The van der Waals surface area contributed by atoms with Gasteiger partial charge >= 0.3 is 0 Å². The third kappa shape index (κ3) is 1.81. The van der Waals surface area contributed by atoms with E-state index in [2.05, 4.69) is 15.2 Å². The monoisotopic (exact) mass is 256 g/mol. The summed E-state index contributed by atoms with van der Waals surface area (Å²) in [6.07, 6.45) is 6.66. The third-order valence-electron chi connectivity index (χ3n) is 4.29. The number of carbonyl (C=O) groups is 1. The molecular formula is C14H16N4O. The van der Waals surface area contributed by atoms with Gasteiger partial charge in [0.25, 0.3) is 5.91 Å². The molecule has 2 aliphatic heterocycles. The van der Waals surface area contributed by atoms with E-state index in [0.717, 1.165) is 18.6 Å². The summed E-state index contributed by atoms with van der Waals surface area (Å²) in [4.78, 5) is 18.9. The number of nitrogens with zero attached hydrogens (tertiary/aromatic N) is 3. The van der Waals surface area contributed by atoms with Gasteiger partial charge in [-0.2, -0.15) is 0 Å². The Kier molecular flexibility index (Phi) is 2.35. The Bertz CT molecular complexity index is 635. The fraction of sp³-hybridized carbons (Fsp3) is 0.429. The molecule has 0 saturated carbocycles. The molecule has 4 rings (SSSR count). The zero-order valence-corrected chi connectivity index (χ0v) is 10.6. The number of fused-ring (bicyclic) bond motifs is 3. The third-order valence-corrected chi connectivity index (χ3v) is 4.29. The Balaban J connectivity index is 1.53. The molecule has 2 fully saturated rings. The molecule has 1 N–H and O–H groups in total. The first-order valence-corrected chi connectivity index (χ1v) is 6.75. The minimum absolute atomic E-state index is 0.0608. The molecule has 2 aromatic heterocycles. The number of carbonyl (C=O) groups excluding carboxylic acids is 1. The van der Waals surface area contributed by atoms with Crippen molar-refractivity contribution in [2.24, 2.45) is 5.92 Å². The summed E-state index contributed by atoms with van der Waals surface area (Å²) in [7, 11) is 0. The molecule has 98 valence electrons. The van der Waals surface area contributed by atoms with Gasteiger partial charge < -0.3 is 14.6 Å². The van der Waals surface area contributed by atoms with Crippen LogP contribution < -0.4 is 5.32 Å². The summed E-state index contributed by atoms with van der Waals surface area (Å²) in [5.74, 6) is 0.564. The number of hydrogen-bond donors (Lipinski definition) is 1. The van der Waals surface area contributed by atoms with E-state index in [1.807, 2.05) is 22.7 Å². The van der Waals surface area contributed by atoms with Crippen LogP contribution in [0.5, 0.6) is 0 Å². The SMILES string of the molecule is O=C(N[C@H]1CN2CC[C@H]1C2)c1cn2cccc2cn1. The molecule has 1 amide bonds. The summed E-state index contributed by atoms with van der Waals surface area (Å²) in [6, 6.07) is 4.21. The Morgan fingerprint density at radius 2 is 2.37 bits per heavy atom. The Hall–Kier alpha value is -1.88. The molecule has 0 spiro atoms. The zero-order chi connectivity index (χ0) is 12.8. The molecule has 19 heavy (non-hydrogen) atoms. The van der Waals surface area contributed by atoms with Gasteiger partial charge in [0.2, 0.25) is 0 Å². The van der Waals surface area contributed by atoms with E-state index in [9.17, 15) is 4.79 Å². The second kappa shape index (κ2) is 4.06. The Labute approximate surface area is 111 Å². The summed E-state index contributed by atoms with van der Waals surface area (Å²) >= 11 is 0. The lowest BCUT2D eigenvalue weighted by Gasteiger charge is -2.22. The number of rotatable bonds is 2. The zero-order valence-electron chi connectivity index (χ0n) is 10.6. The van der Waals surface area contributed by atoms with E-state index in [0.29, 0.717) is 17.7 Å². The Morgan fingerprint density at radius 3 is 3.16 bits per heavy atom. The maximum absolute atomic E-state index is 12.2. The molecule has 2 saturated heterocycles. The predicted octanol–water partition coefficient (Wildman–Crippen LogP) is 0.768. The van der Waals surface area contributed by atoms with E-state index in [1.54, 1.807) is 12.4 Å². The van der Waals surface area contributed by atoms with Gasteiger partial charge in [-0.3, -0.25) is 4.79 Å². The number of nitrogens with one attached hydrogen (secondary N) is 1. The van der Waals surface area contributed by atoms with E-state index < -0.39 is 0 Å². The fourth-order valence-corrected chi connectivity index (χ4v) is 3.24. The quantitative estimate of drug-likeness (QED) is 0.863. The number of amides is 1.